The monoisotopic (exact) mass is 414 g/mol. The Hall–Kier alpha value is -3.80. The van der Waals surface area contributed by atoms with Crippen molar-refractivity contribution < 1.29 is 24.2 Å². The second-order valence-electron chi connectivity index (χ2n) is 7.51. The van der Waals surface area contributed by atoms with E-state index in [1.165, 1.54) is 0 Å². The molecule has 0 amide bonds. The number of esters is 2. The number of aliphatic hydroxyl groups excluding tert-OH is 1. The number of cyclic esters (lactones) is 1. The third kappa shape index (κ3) is 5.22. The molecule has 5 nitrogen and oxygen atoms in total. The number of hydrogen-bond acceptors (Lipinski definition) is 5. The molecule has 1 saturated heterocycles. The number of aliphatic hydroxyl groups is 1. The molecule has 1 fully saturated rings. The molecular formula is C26H22O5. The van der Waals surface area contributed by atoms with Crippen LogP contribution in [0.2, 0.25) is 0 Å². The Bertz CT molecular complexity index is 1120. The van der Waals surface area contributed by atoms with E-state index in [0.717, 1.165) is 22.3 Å². The molecule has 3 rings (SSSR count). The Morgan fingerprint density at radius 1 is 1.06 bits per heavy atom. The van der Waals surface area contributed by atoms with Crippen LogP contribution < -0.4 is 0 Å². The van der Waals surface area contributed by atoms with Crippen LogP contribution in [0.3, 0.4) is 0 Å². The molecule has 0 saturated carbocycles. The molecule has 1 N–H and O–H groups in total. The highest BCUT2D eigenvalue weighted by atomic mass is 16.6. The molecule has 0 aromatic heterocycles. The molecule has 1 atom stereocenters. The van der Waals surface area contributed by atoms with Crippen molar-refractivity contribution in [3.63, 3.8) is 0 Å². The second kappa shape index (κ2) is 9.34. The van der Waals surface area contributed by atoms with Crippen molar-refractivity contribution in [1.82, 2.24) is 0 Å². The minimum atomic E-state index is -1.24. The van der Waals surface area contributed by atoms with Gasteiger partial charge in [0, 0.05) is 28.7 Å². The van der Waals surface area contributed by atoms with Crippen LogP contribution >= 0.6 is 0 Å². The topological polar surface area (TPSA) is 72.8 Å². The average molecular weight is 414 g/mol. The fraction of sp³-hybridized carbons (Fsp3) is 0.231. The van der Waals surface area contributed by atoms with Crippen LogP contribution in [0.5, 0.6) is 0 Å². The van der Waals surface area contributed by atoms with Crippen LogP contribution in [0, 0.1) is 24.2 Å². The molecule has 2 aromatic rings. The van der Waals surface area contributed by atoms with E-state index in [1.807, 2.05) is 24.3 Å². The summed E-state index contributed by atoms with van der Waals surface area (Å²) in [6.45, 7) is 2.94. The first-order valence-corrected chi connectivity index (χ1v) is 9.72. The van der Waals surface area contributed by atoms with Gasteiger partial charge in [-0.05, 0) is 62.4 Å². The third-order valence-corrected chi connectivity index (χ3v) is 4.94. The number of rotatable bonds is 4. The van der Waals surface area contributed by atoms with Gasteiger partial charge in [-0.3, -0.25) is 0 Å². The molecule has 0 radical (unpaired) electrons. The van der Waals surface area contributed by atoms with Crippen LogP contribution in [0.4, 0.5) is 0 Å². The molecule has 0 spiro atoms. The van der Waals surface area contributed by atoms with Gasteiger partial charge in [-0.15, -0.1) is 6.42 Å². The van der Waals surface area contributed by atoms with Gasteiger partial charge in [0.05, 0.1) is 12.2 Å². The van der Waals surface area contributed by atoms with Crippen LogP contribution in [0.1, 0.15) is 47.3 Å². The van der Waals surface area contributed by atoms with E-state index in [9.17, 15) is 14.7 Å². The molecule has 1 unspecified atom stereocenters. The number of hydrogen-bond donors (Lipinski definition) is 1. The Balaban J connectivity index is 1.63. The maximum absolute atomic E-state index is 12.4. The first-order valence-electron chi connectivity index (χ1n) is 9.72. The van der Waals surface area contributed by atoms with Crippen molar-refractivity contribution in [2.75, 3.05) is 13.2 Å². The quantitative estimate of drug-likeness (QED) is 0.472. The highest BCUT2D eigenvalue weighted by Gasteiger charge is 2.45. The summed E-state index contributed by atoms with van der Waals surface area (Å²) in [5.74, 6) is 7.57. The smallest absolute Gasteiger partial charge is 0.338 e. The SMILES string of the molecule is C#Cc1ccc(C#Cc2ccc(C(=O)OCC3(CO)CC(=C(C)C)C(=O)O3)cc2)cc1. The van der Waals surface area contributed by atoms with Crippen molar-refractivity contribution in [1.29, 1.82) is 0 Å². The summed E-state index contributed by atoms with van der Waals surface area (Å²) >= 11 is 0. The number of ether oxygens (including phenoxy) is 2. The van der Waals surface area contributed by atoms with Gasteiger partial charge < -0.3 is 14.6 Å². The van der Waals surface area contributed by atoms with Crippen molar-refractivity contribution in [2.24, 2.45) is 0 Å². The Morgan fingerprint density at radius 2 is 1.61 bits per heavy atom. The van der Waals surface area contributed by atoms with Gasteiger partial charge in [0.25, 0.3) is 0 Å². The summed E-state index contributed by atoms with van der Waals surface area (Å²) in [5, 5.41) is 9.72. The molecule has 0 bridgehead atoms. The molecule has 1 heterocycles. The van der Waals surface area contributed by atoms with Gasteiger partial charge in [-0.2, -0.15) is 0 Å². The minimum Gasteiger partial charge on any atom is -0.458 e. The highest BCUT2D eigenvalue weighted by Crippen LogP contribution is 2.33. The lowest BCUT2D eigenvalue weighted by Crippen LogP contribution is -2.39. The van der Waals surface area contributed by atoms with Crippen LogP contribution in [-0.4, -0.2) is 35.9 Å². The van der Waals surface area contributed by atoms with Crippen molar-refractivity contribution in [3.05, 3.63) is 81.9 Å². The van der Waals surface area contributed by atoms with Crippen molar-refractivity contribution in [3.8, 4) is 24.2 Å². The Morgan fingerprint density at radius 3 is 2.10 bits per heavy atom. The maximum atomic E-state index is 12.4. The predicted octanol–water partition coefficient (Wildman–Crippen LogP) is 3.24. The largest absolute Gasteiger partial charge is 0.458 e. The summed E-state index contributed by atoms with van der Waals surface area (Å²) < 4.78 is 10.6. The summed E-state index contributed by atoms with van der Waals surface area (Å²) in [4.78, 5) is 24.4. The zero-order valence-electron chi connectivity index (χ0n) is 17.4. The molecule has 5 heteroatoms. The standard InChI is InChI=1S/C26H22O5/c1-4-19-5-7-20(8-6-19)9-10-21-11-13-22(14-12-21)24(28)30-17-26(16-27)15-23(18(2)3)25(29)31-26/h1,5-8,11-14,27H,15-17H2,2-3H3. The lowest BCUT2D eigenvalue weighted by atomic mass is 9.97. The third-order valence-electron chi connectivity index (χ3n) is 4.94. The fourth-order valence-electron chi connectivity index (χ4n) is 3.05. The van der Waals surface area contributed by atoms with Crippen LogP contribution in [-0.2, 0) is 14.3 Å². The first-order chi connectivity index (χ1) is 14.9. The second-order valence-corrected chi connectivity index (χ2v) is 7.51. The van der Waals surface area contributed by atoms with E-state index >= 15 is 0 Å². The Labute approximate surface area is 181 Å². The predicted molar refractivity (Wildman–Crippen MR) is 116 cm³/mol. The van der Waals surface area contributed by atoms with Crippen molar-refractivity contribution in [2.45, 2.75) is 25.9 Å². The average Bonchev–Trinajstić information content (AvgIpc) is 3.14. The van der Waals surface area contributed by atoms with E-state index in [-0.39, 0.29) is 13.0 Å². The molecule has 156 valence electrons. The number of carbonyl (C=O) groups is 2. The van der Waals surface area contributed by atoms with Gasteiger partial charge in [-0.25, -0.2) is 9.59 Å². The summed E-state index contributed by atoms with van der Waals surface area (Å²) in [6, 6.07) is 14.0. The number of benzene rings is 2. The molecule has 31 heavy (non-hydrogen) atoms. The van der Waals surface area contributed by atoms with Gasteiger partial charge >= 0.3 is 11.9 Å². The molecular weight excluding hydrogens is 392 g/mol. The number of carbonyl (C=O) groups excluding carboxylic acids is 2. The fourth-order valence-corrected chi connectivity index (χ4v) is 3.05. The normalized spacial score (nSPS) is 17.2. The molecule has 0 aliphatic carbocycles. The first kappa shape index (κ1) is 21.9. The van der Waals surface area contributed by atoms with Crippen LogP contribution in [0.25, 0.3) is 0 Å². The maximum Gasteiger partial charge on any atom is 0.338 e. The van der Waals surface area contributed by atoms with E-state index in [0.29, 0.717) is 11.1 Å². The number of terminal acetylenes is 1. The van der Waals surface area contributed by atoms with E-state index in [4.69, 9.17) is 15.9 Å². The summed E-state index contributed by atoms with van der Waals surface area (Å²) in [6.07, 6.45) is 5.54. The highest BCUT2D eigenvalue weighted by molar-refractivity contribution is 5.92. The van der Waals surface area contributed by atoms with Gasteiger partial charge in [0.1, 0.15) is 6.61 Å². The van der Waals surface area contributed by atoms with Gasteiger partial charge in [0.2, 0.25) is 0 Å². The van der Waals surface area contributed by atoms with E-state index < -0.39 is 24.1 Å². The summed E-state index contributed by atoms with van der Waals surface area (Å²) in [5.41, 5.74) is 2.78. The minimum absolute atomic E-state index is 0.203. The zero-order valence-corrected chi connectivity index (χ0v) is 17.4. The van der Waals surface area contributed by atoms with Gasteiger partial charge in [0.15, 0.2) is 5.60 Å². The van der Waals surface area contributed by atoms with Gasteiger partial charge in [-0.1, -0.05) is 23.3 Å². The zero-order chi connectivity index (χ0) is 22.4. The van der Waals surface area contributed by atoms with Crippen LogP contribution in [0.15, 0.2) is 59.7 Å². The molecule has 1 aliphatic rings. The lowest BCUT2D eigenvalue weighted by molar-refractivity contribution is -0.154. The lowest BCUT2D eigenvalue weighted by Gasteiger charge is -2.24. The summed E-state index contributed by atoms with van der Waals surface area (Å²) in [7, 11) is 0. The van der Waals surface area contributed by atoms with E-state index in [1.54, 1.807) is 38.1 Å². The molecule has 2 aromatic carbocycles. The molecule has 1 aliphatic heterocycles. The van der Waals surface area contributed by atoms with Crippen molar-refractivity contribution >= 4 is 11.9 Å². The number of allylic oxidation sites excluding steroid dienone is 1. The Kier molecular flexibility index (Phi) is 6.60. The van der Waals surface area contributed by atoms with E-state index in [2.05, 4.69) is 17.8 Å².